The van der Waals surface area contributed by atoms with Gasteiger partial charge >= 0.3 is 6.01 Å². The predicted molar refractivity (Wildman–Crippen MR) is 62.0 cm³/mol. The van der Waals surface area contributed by atoms with Crippen LogP contribution < -0.4 is 9.64 Å². The maximum Gasteiger partial charge on any atom is 0.322 e. The van der Waals surface area contributed by atoms with Gasteiger partial charge in [0.15, 0.2) is 0 Å². The Hall–Kier alpha value is -1.10. The van der Waals surface area contributed by atoms with Crippen LogP contribution in [0.4, 0.5) is 5.95 Å². The standard InChI is InChI=1S/C10H15ClN4O/c1-3-16-10-13-8(11)12-9(14-10)15(2)7-5-4-6-7/h7H,3-6H2,1-2H3. The third-order valence-corrected chi connectivity index (χ3v) is 2.96. The van der Waals surface area contributed by atoms with Crippen LogP contribution in [0.2, 0.25) is 5.28 Å². The molecule has 2 rings (SSSR count). The molecule has 0 aromatic carbocycles. The first kappa shape index (κ1) is 11.4. The van der Waals surface area contributed by atoms with Crippen LogP contribution in [0.25, 0.3) is 0 Å². The Morgan fingerprint density at radius 2 is 2.12 bits per heavy atom. The molecule has 6 heteroatoms. The van der Waals surface area contributed by atoms with E-state index in [1.54, 1.807) is 0 Å². The minimum atomic E-state index is 0.180. The van der Waals surface area contributed by atoms with Crippen LogP contribution in [0.5, 0.6) is 6.01 Å². The second kappa shape index (κ2) is 4.82. The Morgan fingerprint density at radius 1 is 1.38 bits per heavy atom. The van der Waals surface area contributed by atoms with Gasteiger partial charge in [-0.25, -0.2) is 0 Å². The van der Waals surface area contributed by atoms with Gasteiger partial charge in [-0.05, 0) is 37.8 Å². The average molecular weight is 243 g/mol. The smallest absolute Gasteiger partial charge is 0.322 e. The van der Waals surface area contributed by atoms with Gasteiger partial charge in [0.05, 0.1) is 6.61 Å². The van der Waals surface area contributed by atoms with Gasteiger partial charge in [-0.2, -0.15) is 15.0 Å². The van der Waals surface area contributed by atoms with Crippen molar-refractivity contribution in [2.45, 2.75) is 32.2 Å². The lowest BCUT2D eigenvalue weighted by atomic mass is 9.92. The molecule has 1 aromatic rings. The Kier molecular flexibility index (Phi) is 3.43. The molecule has 0 atom stereocenters. The molecule has 0 radical (unpaired) electrons. The van der Waals surface area contributed by atoms with Crippen molar-refractivity contribution in [2.75, 3.05) is 18.6 Å². The second-order valence-corrected chi connectivity index (χ2v) is 4.15. The van der Waals surface area contributed by atoms with E-state index < -0.39 is 0 Å². The highest BCUT2D eigenvalue weighted by molar-refractivity contribution is 6.28. The molecule has 1 aromatic heterocycles. The van der Waals surface area contributed by atoms with Gasteiger partial charge in [-0.15, -0.1) is 0 Å². The number of aromatic nitrogens is 3. The first-order valence-electron chi connectivity index (χ1n) is 5.48. The van der Waals surface area contributed by atoms with E-state index in [0.717, 1.165) is 0 Å². The molecule has 88 valence electrons. The van der Waals surface area contributed by atoms with Gasteiger partial charge in [-0.1, -0.05) is 0 Å². The Labute approximate surface area is 99.8 Å². The molecule has 0 unspecified atom stereocenters. The van der Waals surface area contributed by atoms with Crippen molar-refractivity contribution in [3.05, 3.63) is 5.28 Å². The predicted octanol–water partition coefficient (Wildman–Crippen LogP) is 1.91. The van der Waals surface area contributed by atoms with Gasteiger partial charge in [-0.3, -0.25) is 0 Å². The number of anilines is 1. The van der Waals surface area contributed by atoms with E-state index in [0.29, 0.717) is 24.6 Å². The zero-order valence-electron chi connectivity index (χ0n) is 9.48. The van der Waals surface area contributed by atoms with Crippen molar-refractivity contribution in [2.24, 2.45) is 0 Å². The Balaban J connectivity index is 2.18. The van der Waals surface area contributed by atoms with Crippen LogP contribution >= 0.6 is 11.6 Å². The number of ether oxygens (including phenoxy) is 1. The van der Waals surface area contributed by atoms with Crippen LogP contribution in [0.1, 0.15) is 26.2 Å². The maximum absolute atomic E-state index is 5.83. The summed E-state index contributed by atoms with van der Waals surface area (Å²) in [7, 11) is 1.98. The van der Waals surface area contributed by atoms with E-state index in [1.807, 2.05) is 18.9 Å². The maximum atomic E-state index is 5.83. The topological polar surface area (TPSA) is 51.1 Å². The van der Waals surface area contributed by atoms with Crippen molar-refractivity contribution in [1.29, 1.82) is 0 Å². The normalized spacial score (nSPS) is 15.7. The summed E-state index contributed by atoms with van der Waals surface area (Å²) in [4.78, 5) is 14.3. The van der Waals surface area contributed by atoms with Gasteiger partial charge in [0, 0.05) is 13.1 Å². The van der Waals surface area contributed by atoms with Gasteiger partial charge < -0.3 is 9.64 Å². The van der Waals surface area contributed by atoms with Crippen LogP contribution in [-0.4, -0.2) is 34.6 Å². The summed E-state index contributed by atoms with van der Waals surface area (Å²) >= 11 is 5.83. The number of halogens is 1. The lowest BCUT2D eigenvalue weighted by Crippen LogP contribution is -2.38. The van der Waals surface area contributed by atoms with E-state index in [-0.39, 0.29) is 5.28 Å². The molecule has 0 N–H and O–H groups in total. The molecule has 0 saturated heterocycles. The van der Waals surface area contributed by atoms with Gasteiger partial charge in [0.25, 0.3) is 0 Å². The molecule has 1 aliphatic rings. The summed E-state index contributed by atoms with van der Waals surface area (Å²) < 4.78 is 5.24. The van der Waals surface area contributed by atoms with E-state index in [4.69, 9.17) is 16.3 Å². The van der Waals surface area contributed by atoms with Crippen molar-refractivity contribution in [3.8, 4) is 6.01 Å². The second-order valence-electron chi connectivity index (χ2n) is 3.82. The summed E-state index contributed by atoms with van der Waals surface area (Å²) in [5.41, 5.74) is 0. The highest BCUT2D eigenvalue weighted by Gasteiger charge is 2.24. The zero-order valence-corrected chi connectivity index (χ0v) is 10.2. The van der Waals surface area contributed by atoms with E-state index in [1.165, 1.54) is 19.3 Å². The monoisotopic (exact) mass is 242 g/mol. The first-order chi connectivity index (χ1) is 7.70. The molecule has 0 bridgehead atoms. The highest BCUT2D eigenvalue weighted by atomic mass is 35.5. The van der Waals surface area contributed by atoms with Gasteiger partial charge in [0.2, 0.25) is 11.2 Å². The van der Waals surface area contributed by atoms with Crippen LogP contribution in [-0.2, 0) is 0 Å². The van der Waals surface area contributed by atoms with Crippen molar-refractivity contribution in [1.82, 2.24) is 15.0 Å². The van der Waals surface area contributed by atoms with Crippen LogP contribution in [0.3, 0.4) is 0 Å². The number of hydrogen-bond donors (Lipinski definition) is 0. The minimum absolute atomic E-state index is 0.180. The van der Waals surface area contributed by atoms with Crippen molar-refractivity contribution >= 4 is 17.5 Å². The van der Waals surface area contributed by atoms with E-state index >= 15 is 0 Å². The summed E-state index contributed by atoms with van der Waals surface area (Å²) in [5, 5.41) is 0.180. The number of nitrogens with zero attached hydrogens (tertiary/aromatic N) is 4. The molecule has 1 heterocycles. The van der Waals surface area contributed by atoms with Crippen LogP contribution in [0.15, 0.2) is 0 Å². The zero-order chi connectivity index (χ0) is 11.5. The molecule has 1 aliphatic carbocycles. The molecule has 1 saturated carbocycles. The molecular weight excluding hydrogens is 228 g/mol. The lowest BCUT2D eigenvalue weighted by molar-refractivity contribution is 0.310. The fourth-order valence-electron chi connectivity index (χ4n) is 1.61. The molecule has 0 amide bonds. The van der Waals surface area contributed by atoms with Gasteiger partial charge in [0.1, 0.15) is 0 Å². The first-order valence-corrected chi connectivity index (χ1v) is 5.85. The molecule has 0 aliphatic heterocycles. The molecule has 1 fully saturated rings. The third kappa shape index (κ3) is 2.35. The lowest BCUT2D eigenvalue weighted by Gasteiger charge is -2.34. The summed E-state index contributed by atoms with van der Waals surface area (Å²) in [6.45, 7) is 2.40. The summed E-state index contributed by atoms with van der Waals surface area (Å²) in [5.74, 6) is 0.591. The fraction of sp³-hybridized carbons (Fsp3) is 0.700. The SMILES string of the molecule is CCOc1nc(Cl)nc(N(C)C2CCC2)n1. The van der Waals surface area contributed by atoms with Crippen molar-refractivity contribution in [3.63, 3.8) is 0 Å². The largest absolute Gasteiger partial charge is 0.464 e. The summed E-state index contributed by atoms with van der Waals surface area (Å²) in [6.07, 6.45) is 3.64. The molecule has 5 nitrogen and oxygen atoms in total. The molecule has 0 spiro atoms. The molecular formula is C10H15ClN4O. The third-order valence-electron chi connectivity index (χ3n) is 2.79. The minimum Gasteiger partial charge on any atom is -0.464 e. The number of hydrogen-bond acceptors (Lipinski definition) is 5. The summed E-state index contributed by atoms with van der Waals surface area (Å²) in [6, 6.07) is 0.816. The van der Waals surface area contributed by atoms with Crippen LogP contribution in [0, 0.1) is 0 Å². The van der Waals surface area contributed by atoms with E-state index in [9.17, 15) is 0 Å². The highest BCUT2D eigenvalue weighted by Crippen LogP contribution is 2.27. The van der Waals surface area contributed by atoms with E-state index in [2.05, 4.69) is 15.0 Å². The average Bonchev–Trinajstić information content (AvgIpc) is 2.14. The van der Waals surface area contributed by atoms with Crippen molar-refractivity contribution < 1.29 is 4.74 Å². The number of rotatable bonds is 4. The quantitative estimate of drug-likeness (QED) is 0.807. The fourth-order valence-corrected chi connectivity index (χ4v) is 1.76. The Morgan fingerprint density at radius 3 is 2.69 bits per heavy atom. The molecule has 16 heavy (non-hydrogen) atoms. The Bertz CT molecular complexity index is 370.